The van der Waals surface area contributed by atoms with Crippen molar-refractivity contribution in [2.75, 3.05) is 6.61 Å². The molecule has 8 heteroatoms. The molecule has 5 nitrogen and oxygen atoms in total. The van der Waals surface area contributed by atoms with Crippen molar-refractivity contribution in [3.63, 3.8) is 0 Å². The standard InChI is InChI=1S/C16H19F3O5/c1-15(2,3)24-14(22)11-8-10(5-7-13(20)21)4-6-12(11)23-9-16(17,18)19/h4,6,8H,5,7,9H2,1-3H3,(H,20,21). The number of carbonyl (C=O) groups excluding carboxylic acids is 1. The van der Waals surface area contributed by atoms with Crippen molar-refractivity contribution in [3.8, 4) is 5.75 Å². The molecule has 24 heavy (non-hydrogen) atoms. The maximum atomic E-state index is 12.3. The molecule has 0 bridgehead atoms. The van der Waals surface area contributed by atoms with Gasteiger partial charge in [-0.05, 0) is 44.9 Å². The van der Waals surface area contributed by atoms with Crippen LogP contribution in [0.3, 0.4) is 0 Å². The molecule has 1 aromatic rings. The van der Waals surface area contributed by atoms with Gasteiger partial charge < -0.3 is 14.6 Å². The molecule has 0 heterocycles. The van der Waals surface area contributed by atoms with Gasteiger partial charge in [-0.1, -0.05) is 6.07 Å². The summed E-state index contributed by atoms with van der Waals surface area (Å²) in [6.07, 6.45) is -4.59. The Kier molecular flexibility index (Phi) is 6.22. The quantitative estimate of drug-likeness (QED) is 0.795. The summed E-state index contributed by atoms with van der Waals surface area (Å²) < 4.78 is 46.8. The predicted octanol–water partition coefficient (Wildman–Crippen LogP) is 3.60. The summed E-state index contributed by atoms with van der Waals surface area (Å²) in [5.41, 5.74) is -0.523. The molecule has 0 aliphatic heterocycles. The summed E-state index contributed by atoms with van der Waals surface area (Å²) in [5, 5.41) is 8.69. The van der Waals surface area contributed by atoms with Gasteiger partial charge in [0.05, 0.1) is 0 Å². The molecular formula is C16H19F3O5. The number of rotatable bonds is 6. The lowest BCUT2D eigenvalue weighted by Gasteiger charge is -2.21. The molecule has 0 fully saturated rings. The fourth-order valence-electron chi connectivity index (χ4n) is 1.76. The zero-order valence-corrected chi connectivity index (χ0v) is 13.6. The number of benzene rings is 1. The van der Waals surface area contributed by atoms with Gasteiger partial charge in [-0.15, -0.1) is 0 Å². The summed E-state index contributed by atoms with van der Waals surface area (Å²) >= 11 is 0. The molecule has 0 saturated heterocycles. The number of carboxylic acids is 1. The Hall–Kier alpha value is -2.25. The average Bonchev–Trinajstić information content (AvgIpc) is 2.40. The van der Waals surface area contributed by atoms with Crippen LogP contribution in [0.1, 0.15) is 43.1 Å². The molecule has 134 valence electrons. The van der Waals surface area contributed by atoms with Gasteiger partial charge in [-0.25, -0.2) is 4.79 Å². The lowest BCUT2D eigenvalue weighted by molar-refractivity contribution is -0.153. The summed E-state index contributed by atoms with van der Waals surface area (Å²) in [6, 6.07) is 3.92. The molecule has 0 aliphatic carbocycles. The number of ether oxygens (including phenoxy) is 2. The number of hydrogen-bond donors (Lipinski definition) is 1. The van der Waals surface area contributed by atoms with Crippen LogP contribution in [0.4, 0.5) is 13.2 Å². The number of halogens is 3. The molecule has 1 rings (SSSR count). The third-order valence-electron chi connectivity index (χ3n) is 2.68. The smallest absolute Gasteiger partial charge is 0.422 e. The lowest BCUT2D eigenvalue weighted by Crippen LogP contribution is -2.25. The molecule has 0 unspecified atom stereocenters. The maximum Gasteiger partial charge on any atom is 0.422 e. The number of aliphatic carboxylic acids is 1. The van der Waals surface area contributed by atoms with Crippen LogP contribution in [0.5, 0.6) is 5.75 Å². The largest absolute Gasteiger partial charge is 0.483 e. The number of carbonyl (C=O) groups is 2. The minimum Gasteiger partial charge on any atom is -0.483 e. The topological polar surface area (TPSA) is 72.8 Å². The van der Waals surface area contributed by atoms with E-state index in [1.54, 1.807) is 20.8 Å². The molecule has 1 aromatic carbocycles. The Morgan fingerprint density at radius 2 is 1.79 bits per heavy atom. The van der Waals surface area contributed by atoms with Crippen LogP contribution >= 0.6 is 0 Å². The molecule has 0 radical (unpaired) electrons. The third-order valence-corrected chi connectivity index (χ3v) is 2.68. The zero-order chi connectivity index (χ0) is 18.5. The third kappa shape index (κ3) is 7.34. The Balaban J connectivity index is 3.08. The number of alkyl halides is 3. The first-order chi connectivity index (χ1) is 10.9. The van der Waals surface area contributed by atoms with E-state index in [1.165, 1.54) is 18.2 Å². The van der Waals surface area contributed by atoms with Gasteiger partial charge in [0, 0.05) is 6.42 Å². The molecule has 1 N–H and O–H groups in total. The van der Waals surface area contributed by atoms with E-state index in [9.17, 15) is 22.8 Å². The number of hydrogen-bond acceptors (Lipinski definition) is 4. The highest BCUT2D eigenvalue weighted by molar-refractivity contribution is 5.93. The number of esters is 1. The summed E-state index contributed by atoms with van der Waals surface area (Å²) in [6.45, 7) is 3.32. The van der Waals surface area contributed by atoms with Crippen molar-refractivity contribution in [2.45, 2.75) is 45.4 Å². The van der Waals surface area contributed by atoms with E-state index >= 15 is 0 Å². The minimum atomic E-state index is -4.55. The molecule has 0 spiro atoms. The van der Waals surface area contributed by atoms with Crippen molar-refractivity contribution < 1.29 is 37.3 Å². The normalized spacial score (nSPS) is 11.9. The van der Waals surface area contributed by atoms with Gasteiger partial charge in [0.25, 0.3) is 0 Å². The van der Waals surface area contributed by atoms with Crippen LogP contribution in [0.15, 0.2) is 18.2 Å². The Bertz CT molecular complexity index is 603. The Morgan fingerprint density at radius 1 is 1.17 bits per heavy atom. The van der Waals surface area contributed by atoms with Crippen molar-refractivity contribution in [2.24, 2.45) is 0 Å². The van der Waals surface area contributed by atoms with Crippen molar-refractivity contribution in [3.05, 3.63) is 29.3 Å². The van der Waals surface area contributed by atoms with Crippen molar-refractivity contribution in [1.82, 2.24) is 0 Å². The first-order valence-corrected chi connectivity index (χ1v) is 7.15. The van der Waals surface area contributed by atoms with E-state index in [0.29, 0.717) is 5.56 Å². The molecule has 0 amide bonds. The monoisotopic (exact) mass is 348 g/mol. The van der Waals surface area contributed by atoms with Gasteiger partial charge in [-0.2, -0.15) is 13.2 Å². The van der Waals surface area contributed by atoms with E-state index in [2.05, 4.69) is 4.74 Å². The van der Waals surface area contributed by atoms with Crippen LogP contribution < -0.4 is 4.74 Å². The average molecular weight is 348 g/mol. The van der Waals surface area contributed by atoms with Gasteiger partial charge in [0.1, 0.15) is 16.9 Å². The number of carboxylic acid groups (broad SMARTS) is 1. The minimum absolute atomic E-state index is 0.130. The van der Waals surface area contributed by atoms with E-state index in [-0.39, 0.29) is 24.2 Å². The van der Waals surface area contributed by atoms with Gasteiger partial charge in [-0.3, -0.25) is 4.79 Å². The van der Waals surface area contributed by atoms with Crippen LogP contribution in [0.25, 0.3) is 0 Å². The van der Waals surface area contributed by atoms with Crippen molar-refractivity contribution in [1.29, 1.82) is 0 Å². The maximum absolute atomic E-state index is 12.3. The molecule has 0 aromatic heterocycles. The van der Waals surface area contributed by atoms with E-state index in [4.69, 9.17) is 9.84 Å². The predicted molar refractivity (Wildman–Crippen MR) is 79.1 cm³/mol. The second kappa shape index (κ2) is 7.55. The first kappa shape index (κ1) is 19.8. The Labute approximate surface area is 137 Å². The first-order valence-electron chi connectivity index (χ1n) is 7.15. The Morgan fingerprint density at radius 3 is 2.29 bits per heavy atom. The molecule has 0 atom stereocenters. The van der Waals surface area contributed by atoms with E-state index in [1.807, 2.05) is 0 Å². The van der Waals surface area contributed by atoms with E-state index in [0.717, 1.165) is 0 Å². The second-order valence-corrected chi connectivity index (χ2v) is 6.13. The van der Waals surface area contributed by atoms with Crippen molar-refractivity contribution >= 4 is 11.9 Å². The van der Waals surface area contributed by atoms with Gasteiger partial charge in [0.15, 0.2) is 6.61 Å². The number of aryl methyl sites for hydroxylation is 1. The van der Waals surface area contributed by atoms with Crippen LogP contribution in [-0.2, 0) is 16.0 Å². The van der Waals surface area contributed by atoms with E-state index < -0.39 is 30.3 Å². The van der Waals surface area contributed by atoms with Crippen LogP contribution in [0, 0.1) is 0 Å². The fourth-order valence-corrected chi connectivity index (χ4v) is 1.76. The summed E-state index contributed by atoms with van der Waals surface area (Å²) in [4.78, 5) is 22.8. The highest BCUT2D eigenvalue weighted by atomic mass is 19.4. The summed E-state index contributed by atoms with van der Waals surface area (Å²) in [7, 11) is 0. The second-order valence-electron chi connectivity index (χ2n) is 6.13. The highest BCUT2D eigenvalue weighted by Crippen LogP contribution is 2.26. The summed E-state index contributed by atoms with van der Waals surface area (Å²) in [5.74, 6) is -2.12. The van der Waals surface area contributed by atoms with Gasteiger partial charge >= 0.3 is 18.1 Å². The molecule has 0 saturated carbocycles. The van der Waals surface area contributed by atoms with Gasteiger partial charge in [0.2, 0.25) is 0 Å². The highest BCUT2D eigenvalue weighted by Gasteiger charge is 2.30. The SMILES string of the molecule is CC(C)(C)OC(=O)c1cc(CCC(=O)O)ccc1OCC(F)(F)F. The molecule has 0 aliphatic rings. The fraction of sp³-hybridized carbons (Fsp3) is 0.500. The molecular weight excluding hydrogens is 329 g/mol. The zero-order valence-electron chi connectivity index (χ0n) is 13.6. The van der Waals surface area contributed by atoms with Crippen LogP contribution in [-0.4, -0.2) is 35.4 Å². The van der Waals surface area contributed by atoms with Crippen LogP contribution in [0.2, 0.25) is 0 Å². The lowest BCUT2D eigenvalue weighted by atomic mass is 10.0.